The number of rotatable bonds is 7. The lowest BCUT2D eigenvalue weighted by molar-refractivity contribution is -0.161. The number of halogens is 3. The second-order valence-electron chi connectivity index (χ2n) is 10.9. The molecule has 0 unspecified atom stereocenters. The molecule has 2 aromatic rings. The number of hydrogen-bond donors (Lipinski definition) is 2. The Labute approximate surface area is 246 Å². The van der Waals surface area contributed by atoms with E-state index in [1.54, 1.807) is 20.8 Å². The molecule has 4 amide bonds. The number of hydrogen-bond acceptors (Lipinski definition) is 6. The van der Waals surface area contributed by atoms with E-state index in [9.17, 15) is 37.1 Å². The normalized spacial score (nSPS) is 14.5. The molecule has 0 saturated carbocycles. The third-order valence-corrected chi connectivity index (χ3v) is 6.47. The van der Waals surface area contributed by atoms with Gasteiger partial charge in [0.1, 0.15) is 11.4 Å². The quantitative estimate of drug-likeness (QED) is 0.461. The Bertz CT molecular complexity index is 1400. The summed E-state index contributed by atoms with van der Waals surface area (Å²) in [7, 11) is 0. The topological polar surface area (TPSA) is 137 Å². The van der Waals surface area contributed by atoms with E-state index in [1.807, 2.05) is 0 Å². The highest BCUT2D eigenvalue weighted by atomic mass is 19.2. The number of aromatic carboxylic acids is 1. The molecule has 1 heterocycles. The second-order valence-corrected chi connectivity index (χ2v) is 10.9. The van der Waals surface area contributed by atoms with Crippen LogP contribution in [0.1, 0.15) is 60.4 Å². The van der Waals surface area contributed by atoms with Gasteiger partial charge in [0.25, 0.3) is 5.91 Å². The summed E-state index contributed by atoms with van der Waals surface area (Å²) in [5.74, 6) is -6.53. The van der Waals surface area contributed by atoms with Crippen molar-refractivity contribution in [1.29, 1.82) is 0 Å². The van der Waals surface area contributed by atoms with Gasteiger partial charge in [-0.05, 0) is 63.1 Å². The molecule has 1 saturated heterocycles. The first-order valence-corrected chi connectivity index (χ1v) is 13.4. The van der Waals surface area contributed by atoms with Crippen molar-refractivity contribution in [3.63, 3.8) is 0 Å². The van der Waals surface area contributed by atoms with Gasteiger partial charge in [-0.15, -0.1) is 0 Å². The van der Waals surface area contributed by atoms with Crippen LogP contribution in [-0.4, -0.2) is 87.6 Å². The number of carboxylic acids is 1. The Hall–Kier alpha value is -4.62. The van der Waals surface area contributed by atoms with Crippen molar-refractivity contribution in [1.82, 2.24) is 20.2 Å². The molecule has 43 heavy (non-hydrogen) atoms. The smallest absolute Gasteiger partial charge is 0.407 e. The first-order chi connectivity index (χ1) is 20.1. The minimum Gasteiger partial charge on any atom is -0.478 e. The third kappa shape index (κ3) is 8.93. The van der Waals surface area contributed by atoms with Gasteiger partial charge >= 0.3 is 12.1 Å². The number of nitrogens with one attached hydrogen (secondary N) is 1. The maximum atomic E-state index is 14.5. The van der Waals surface area contributed by atoms with Crippen LogP contribution in [0.2, 0.25) is 0 Å². The van der Waals surface area contributed by atoms with Crippen LogP contribution in [0.5, 0.6) is 0 Å². The highest BCUT2D eigenvalue weighted by Gasteiger charge is 2.32. The Morgan fingerprint density at radius 3 is 2.00 bits per heavy atom. The summed E-state index contributed by atoms with van der Waals surface area (Å²) in [6.07, 6.45) is -1.82. The maximum Gasteiger partial charge on any atom is 0.407 e. The lowest BCUT2D eigenvalue weighted by Gasteiger charge is -2.33. The van der Waals surface area contributed by atoms with Gasteiger partial charge < -0.3 is 20.1 Å². The Kier molecular flexibility index (Phi) is 10.4. The standard InChI is InChI=1S/C29H33F3N4O7/c1-17(37)35-11-9-34(26(39)18-5-7-19(8-6-18)27(40)41)10-12-36(35)25(38)15-21(33-28(42)43-29(2,3)4)13-20-14-23(31)24(32)16-22(20)30/h5-8,14,16,21H,9-13,15H2,1-4H3,(H,33,42)(H,40,41)/t21-/m1/s1. The molecule has 0 aromatic heterocycles. The molecule has 0 aliphatic carbocycles. The van der Waals surface area contributed by atoms with Gasteiger partial charge in [-0.25, -0.2) is 32.8 Å². The predicted octanol–water partition coefficient (Wildman–Crippen LogP) is 3.38. The zero-order valence-electron chi connectivity index (χ0n) is 24.2. The fourth-order valence-electron chi connectivity index (χ4n) is 4.46. The van der Waals surface area contributed by atoms with Crippen LogP contribution >= 0.6 is 0 Å². The van der Waals surface area contributed by atoms with E-state index in [1.165, 1.54) is 36.1 Å². The average Bonchev–Trinajstić information content (AvgIpc) is 3.14. The first-order valence-electron chi connectivity index (χ1n) is 13.4. The van der Waals surface area contributed by atoms with E-state index < -0.39 is 71.7 Å². The monoisotopic (exact) mass is 606 g/mol. The van der Waals surface area contributed by atoms with E-state index >= 15 is 0 Å². The molecular formula is C29H33F3N4O7. The van der Waals surface area contributed by atoms with Gasteiger partial charge in [0, 0.05) is 44.1 Å². The van der Waals surface area contributed by atoms with Gasteiger partial charge in [-0.1, -0.05) is 0 Å². The average molecular weight is 607 g/mol. The lowest BCUT2D eigenvalue weighted by atomic mass is 10.0. The fourth-order valence-corrected chi connectivity index (χ4v) is 4.46. The molecule has 232 valence electrons. The van der Waals surface area contributed by atoms with Crippen molar-refractivity contribution in [3.05, 3.63) is 70.5 Å². The van der Waals surface area contributed by atoms with E-state index in [0.29, 0.717) is 12.1 Å². The van der Waals surface area contributed by atoms with Crippen molar-refractivity contribution in [2.75, 3.05) is 26.2 Å². The van der Waals surface area contributed by atoms with E-state index in [2.05, 4.69) is 5.32 Å². The SMILES string of the molecule is CC(=O)N1CCN(C(=O)c2ccc(C(=O)O)cc2)CCN1C(=O)C[C@@H](Cc1cc(F)c(F)cc1F)NC(=O)OC(C)(C)C. The zero-order chi connectivity index (χ0) is 32.1. The van der Waals surface area contributed by atoms with Crippen LogP contribution in [-0.2, 0) is 20.7 Å². The third-order valence-electron chi connectivity index (χ3n) is 6.47. The van der Waals surface area contributed by atoms with Crippen molar-refractivity contribution in [2.45, 2.75) is 52.2 Å². The van der Waals surface area contributed by atoms with Crippen LogP contribution in [0, 0.1) is 17.5 Å². The van der Waals surface area contributed by atoms with Gasteiger partial charge in [-0.3, -0.25) is 14.4 Å². The molecule has 11 nitrogen and oxygen atoms in total. The molecular weight excluding hydrogens is 573 g/mol. The number of hydrazine groups is 1. The summed E-state index contributed by atoms with van der Waals surface area (Å²) in [4.78, 5) is 64.2. The molecule has 1 aliphatic heterocycles. The molecule has 0 radical (unpaired) electrons. The molecule has 2 aromatic carbocycles. The summed E-state index contributed by atoms with van der Waals surface area (Å²) in [6, 6.07) is 5.17. The zero-order valence-corrected chi connectivity index (χ0v) is 24.2. The van der Waals surface area contributed by atoms with Crippen molar-refractivity contribution in [2.24, 2.45) is 0 Å². The molecule has 1 aliphatic rings. The number of carboxylic acid groups (broad SMARTS) is 1. The Morgan fingerprint density at radius 2 is 1.44 bits per heavy atom. The summed E-state index contributed by atoms with van der Waals surface area (Å²) in [5.41, 5.74) is -0.983. The van der Waals surface area contributed by atoms with Gasteiger partial charge in [0.15, 0.2) is 11.6 Å². The molecule has 1 atom stereocenters. The maximum absolute atomic E-state index is 14.5. The molecule has 2 N–H and O–H groups in total. The fraction of sp³-hybridized carbons (Fsp3) is 0.414. The van der Waals surface area contributed by atoms with Crippen LogP contribution in [0.4, 0.5) is 18.0 Å². The minimum absolute atomic E-state index is 0.00439. The number of benzene rings is 2. The van der Waals surface area contributed by atoms with Crippen LogP contribution in [0.25, 0.3) is 0 Å². The highest BCUT2D eigenvalue weighted by molar-refractivity contribution is 5.96. The first kappa shape index (κ1) is 32.9. The molecule has 14 heteroatoms. The lowest BCUT2D eigenvalue weighted by Crippen LogP contribution is -2.52. The van der Waals surface area contributed by atoms with E-state index in [0.717, 1.165) is 10.0 Å². The van der Waals surface area contributed by atoms with E-state index in [4.69, 9.17) is 9.84 Å². The number of nitrogens with zero attached hydrogens (tertiary/aromatic N) is 3. The van der Waals surface area contributed by atoms with E-state index in [-0.39, 0.29) is 42.9 Å². The van der Waals surface area contributed by atoms with Crippen molar-refractivity contribution < 1.29 is 47.0 Å². The Balaban J connectivity index is 1.81. The number of alkyl carbamates (subject to hydrolysis) is 1. The number of carbonyl (C=O) groups is 5. The predicted molar refractivity (Wildman–Crippen MR) is 146 cm³/mol. The summed E-state index contributed by atoms with van der Waals surface area (Å²) in [6.45, 7) is 5.96. The molecule has 0 spiro atoms. The second kappa shape index (κ2) is 13.6. The van der Waals surface area contributed by atoms with Crippen LogP contribution in [0.3, 0.4) is 0 Å². The van der Waals surface area contributed by atoms with Gasteiger partial charge in [-0.2, -0.15) is 0 Å². The van der Waals surface area contributed by atoms with Crippen molar-refractivity contribution >= 4 is 29.8 Å². The Morgan fingerprint density at radius 1 is 0.884 bits per heavy atom. The number of amides is 4. The minimum atomic E-state index is -1.40. The van der Waals surface area contributed by atoms with Gasteiger partial charge in [0.2, 0.25) is 11.8 Å². The van der Waals surface area contributed by atoms with Gasteiger partial charge in [0.05, 0.1) is 18.7 Å². The van der Waals surface area contributed by atoms with Crippen LogP contribution < -0.4 is 5.32 Å². The van der Waals surface area contributed by atoms with Crippen LogP contribution in [0.15, 0.2) is 36.4 Å². The van der Waals surface area contributed by atoms with Crippen molar-refractivity contribution in [3.8, 4) is 0 Å². The summed E-state index contributed by atoms with van der Waals surface area (Å²) >= 11 is 0. The molecule has 1 fully saturated rings. The molecule has 0 bridgehead atoms. The summed E-state index contributed by atoms with van der Waals surface area (Å²) in [5, 5.41) is 13.8. The number of carbonyl (C=O) groups excluding carboxylic acids is 4. The highest BCUT2D eigenvalue weighted by Crippen LogP contribution is 2.19. The largest absolute Gasteiger partial charge is 0.478 e. The summed E-state index contributed by atoms with van der Waals surface area (Å²) < 4.78 is 47.1. The number of ether oxygens (including phenoxy) is 1. The molecule has 3 rings (SSSR count).